The van der Waals surface area contributed by atoms with Gasteiger partial charge in [0, 0.05) is 6.54 Å². The summed E-state index contributed by atoms with van der Waals surface area (Å²) < 4.78 is 5.34. The molecule has 0 aliphatic heterocycles. The minimum atomic E-state index is -0.476. The maximum atomic E-state index is 6.13. The molecule has 1 atom stereocenters. The number of benzene rings is 1. The monoisotopic (exact) mass is 222 g/mol. The molecule has 0 aliphatic rings. The lowest BCUT2D eigenvalue weighted by Gasteiger charge is -2.25. The fourth-order valence-electron chi connectivity index (χ4n) is 1.66. The van der Waals surface area contributed by atoms with E-state index in [1.807, 2.05) is 19.1 Å². The molecule has 0 aliphatic carbocycles. The molecular formula is C13H22N2O. The van der Waals surface area contributed by atoms with Gasteiger partial charge in [-0.2, -0.15) is 0 Å². The molecule has 4 N–H and O–H groups in total. The van der Waals surface area contributed by atoms with E-state index in [2.05, 4.69) is 19.9 Å². The predicted octanol–water partition coefficient (Wildman–Crippen LogP) is 1.95. The Balaban J connectivity index is 3.22. The van der Waals surface area contributed by atoms with Crippen LogP contribution in [0.3, 0.4) is 0 Å². The SMILES string of the molecule is COc1ccc(C(C)(N)CN)cc1C(C)C. The maximum Gasteiger partial charge on any atom is 0.122 e. The summed E-state index contributed by atoms with van der Waals surface area (Å²) in [5, 5.41) is 0. The van der Waals surface area contributed by atoms with Gasteiger partial charge in [0.25, 0.3) is 0 Å². The van der Waals surface area contributed by atoms with E-state index in [4.69, 9.17) is 16.2 Å². The molecule has 3 nitrogen and oxygen atoms in total. The summed E-state index contributed by atoms with van der Waals surface area (Å²) in [4.78, 5) is 0. The van der Waals surface area contributed by atoms with E-state index in [9.17, 15) is 0 Å². The fourth-order valence-corrected chi connectivity index (χ4v) is 1.66. The zero-order valence-corrected chi connectivity index (χ0v) is 10.6. The normalized spacial score (nSPS) is 14.9. The molecule has 1 unspecified atom stereocenters. The largest absolute Gasteiger partial charge is 0.496 e. The zero-order chi connectivity index (χ0) is 12.3. The van der Waals surface area contributed by atoms with E-state index >= 15 is 0 Å². The van der Waals surface area contributed by atoms with Crippen LogP contribution < -0.4 is 16.2 Å². The summed E-state index contributed by atoms with van der Waals surface area (Å²) in [7, 11) is 1.69. The molecule has 3 heteroatoms. The minimum Gasteiger partial charge on any atom is -0.496 e. The van der Waals surface area contributed by atoms with Crippen molar-refractivity contribution in [3.63, 3.8) is 0 Å². The average molecular weight is 222 g/mol. The first-order chi connectivity index (χ1) is 7.42. The second-order valence-corrected chi connectivity index (χ2v) is 4.73. The molecule has 0 heterocycles. The van der Waals surface area contributed by atoms with Crippen molar-refractivity contribution in [2.75, 3.05) is 13.7 Å². The molecular weight excluding hydrogens is 200 g/mol. The van der Waals surface area contributed by atoms with Crippen LogP contribution in [0.25, 0.3) is 0 Å². The molecule has 1 aromatic rings. The Morgan fingerprint density at radius 2 is 2.00 bits per heavy atom. The Hall–Kier alpha value is -1.06. The van der Waals surface area contributed by atoms with Crippen molar-refractivity contribution in [3.05, 3.63) is 29.3 Å². The van der Waals surface area contributed by atoms with Crippen LogP contribution in [-0.2, 0) is 5.54 Å². The van der Waals surface area contributed by atoms with Crippen molar-refractivity contribution in [3.8, 4) is 5.75 Å². The third-order valence-electron chi connectivity index (χ3n) is 2.94. The van der Waals surface area contributed by atoms with Gasteiger partial charge in [-0.05, 0) is 36.1 Å². The molecule has 0 saturated carbocycles. The highest BCUT2D eigenvalue weighted by Gasteiger charge is 2.21. The summed E-state index contributed by atoms with van der Waals surface area (Å²) in [6, 6.07) is 6.04. The van der Waals surface area contributed by atoms with Crippen LogP contribution in [0.1, 0.15) is 37.8 Å². The summed E-state index contributed by atoms with van der Waals surface area (Å²) in [5.41, 5.74) is 13.6. The average Bonchev–Trinajstić information content (AvgIpc) is 2.28. The standard InChI is InChI=1S/C13H22N2O/c1-9(2)11-7-10(13(3,15)8-14)5-6-12(11)16-4/h5-7,9H,8,14-15H2,1-4H3. The smallest absolute Gasteiger partial charge is 0.122 e. The summed E-state index contributed by atoms with van der Waals surface area (Å²) in [6.45, 7) is 6.64. The Morgan fingerprint density at radius 1 is 1.38 bits per heavy atom. The van der Waals surface area contributed by atoms with Gasteiger partial charge >= 0.3 is 0 Å². The molecule has 0 bridgehead atoms. The van der Waals surface area contributed by atoms with Gasteiger partial charge < -0.3 is 16.2 Å². The first-order valence-electron chi connectivity index (χ1n) is 5.59. The molecule has 16 heavy (non-hydrogen) atoms. The van der Waals surface area contributed by atoms with Crippen molar-refractivity contribution >= 4 is 0 Å². The van der Waals surface area contributed by atoms with Crippen molar-refractivity contribution in [1.29, 1.82) is 0 Å². The fraction of sp³-hybridized carbons (Fsp3) is 0.538. The number of hydrogen-bond donors (Lipinski definition) is 2. The number of rotatable bonds is 4. The van der Waals surface area contributed by atoms with Crippen LogP contribution in [-0.4, -0.2) is 13.7 Å². The molecule has 0 saturated heterocycles. The van der Waals surface area contributed by atoms with Crippen LogP contribution in [0.5, 0.6) is 5.75 Å². The Bertz CT molecular complexity index is 359. The molecule has 0 amide bonds. The quantitative estimate of drug-likeness (QED) is 0.818. The van der Waals surface area contributed by atoms with Gasteiger partial charge in [-0.1, -0.05) is 19.9 Å². The molecule has 0 radical (unpaired) electrons. The lowest BCUT2D eigenvalue weighted by molar-refractivity contribution is 0.406. The van der Waals surface area contributed by atoms with E-state index in [1.165, 1.54) is 5.56 Å². The van der Waals surface area contributed by atoms with E-state index in [0.717, 1.165) is 11.3 Å². The Kier molecular flexibility index (Phi) is 3.94. The lowest BCUT2D eigenvalue weighted by Crippen LogP contribution is -2.40. The topological polar surface area (TPSA) is 61.3 Å². The summed E-state index contributed by atoms with van der Waals surface area (Å²) in [6.07, 6.45) is 0. The van der Waals surface area contributed by atoms with Crippen molar-refractivity contribution in [1.82, 2.24) is 0 Å². The molecule has 1 rings (SSSR count). The van der Waals surface area contributed by atoms with Gasteiger partial charge in [-0.25, -0.2) is 0 Å². The van der Waals surface area contributed by atoms with Gasteiger partial charge in [0.2, 0.25) is 0 Å². The summed E-state index contributed by atoms with van der Waals surface area (Å²) >= 11 is 0. The zero-order valence-electron chi connectivity index (χ0n) is 10.6. The van der Waals surface area contributed by atoms with Crippen molar-refractivity contribution < 1.29 is 4.74 Å². The Morgan fingerprint density at radius 3 is 2.44 bits per heavy atom. The summed E-state index contributed by atoms with van der Waals surface area (Å²) in [5.74, 6) is 1.31. The first-order valence-corrected chi connectivity index (χ1v) is 5.59. The highest BCUT2D eigenvalue weighted by molar-refractivity contribution is 5.41. The van der Waals surface area contributed by atoms with E-state index in [-0.39, 0.29) is 0 Å². The van der Waals surface area contributed by atoms with E-state index in [1.54, 1.807) is 7.11 Å². The van der Waals surface area contributed by atoms with Crippen LogP contribution in [0.2, 0.25) is 0 Å². The predicted molar refractivity (Wildman–Crippen MR) is 67.7 cm³/mol. The first kappa shape index (κ1) is 13.0. The van der Waals surface area contributed by atoms with Gasteiger partial charge in [0.1, 0.15) is 5.75 Å². The van der Waals surface area contributed by atoms with Crippen LogP contribution >= 0.6 is 0 Å². The number of methoxy groups -OCH3 is 1. The van der Waals surface area contributed by atoms with Gasteiger partial charge in [-0.15, -0.1) is 0 Å². The second-order valence-electron chi connectivity index (χ2n) is 4.73. The second kappa shape index (κ2) is 4.85. The van der Waals surface area contributed by atoms with Crippen LogP contribution in [0.4, 0.5) is 0 Å². The van der Waals surface area contributed by atoms with Gasteiger partial charge in [0.15, 0.2) is 0 Å². The van der Waals surface area contributed by atoms with Gasteiger partial charge in [0.05, 0.1) is 12.6 Å². The van der Waals surface area contributed by atoms with E-state index < -0.39 is 5.54 Å². The highest BCUT2D eigenvalue weighted by atomic mass is 16.5. The number of ether oxygens (including phenoxy) is 1. The van der Waals surface area contributed by atoms with Crippen molar-refractivity contribution in [2.45, 2.75) is 32.2 Å². The van der Waals surface area contributed by atoms with E-state index in [0.29, 0.717) is 12.5 Å². The number of nitrogens with two attached hydrogens (primary N) is 2. The highest BCUT2D eigenvalue weighted by Crippen LogP contribution is 2.30. The van der Waals surface area contributed by atoms with Crippen molar-refractivity contribution in [2.24, 2.45) is 11.5 Å². The maximum absolute atomic E-state index is 6.13. The third-order valence-corrected chi connectivity index (χ3v) is 2.94. The third kappa shape index (κ3) is 2.54. The van der Waals surface area contributed by atoms with Crippen LogP contribution in [0, 0.1) is 0 Å². The minimum absolute atomic E-state index is 0.406. The molecule has 1 aromatic carbocycles. The molecule has 0 fully saturated rings. The van der Waals surface area contributed by atoms with Gasteiger partial charge in [-0.3, -0.25) is 0 Å². The lowest BCUT2D eigenvalue weighted by atomic mass is 9.89. The van der Waals surface area contributed by atoms with Crippen LogP contribution in [0.15, 0.2) is 18.2 Å². The molecule has 0 spiro atoms. The number of hydrogen-bond acceptors (Lipinski definition) is 3. The molecule has 90 valence electrons. The molecule has 0 aromatic heterocycles. The Labute approximate surface area is 97.8 Å².